The Kier molecular flexibility index (Phi) is 4.87. The summed E-state index contributed by atoms with van der Waals surface area (Å²) in [6, 6.07) is 2.48. The molecule has 2 rings (SSSR count). The van der Waals surface area contributed by atoms with Crippen LogP contribution < -0.4 is 10.6 Å². The molecule has 9 heteroatoms. The van der Waals surface area contributed by atoms with Gasteiger partial charge in [0, 0.05) is 32.4 Å². The second-order valence-corrected chi connectivity index (χ2v) is 4.96. The van der Waals surface area contributed by atoms with Crippen molar-refractivity contribution >= 4 is 11.7 Å². The number of rotatable bonds is 4. The highest BCUT2D eigenvalue weighted by atomic mass is 19.4. The van der Waals surface area contributed by atoms with Gasteiger partial charge in [-0.15, -0.1) is 0 Å². The Morgan fingerprint density at radius 2 is 2.09 bits per heavy atom. The fourth-order valence-corrected chi connectivity index (χ4v) is 1.99. The van der Waals surface area contributed by atoms with Gasteiger partial charge in [0.1, 0.15) is 0 Å². The topological polar surface area (TPSA) is 71.8 Å². The Morgan fingerprint density at radius 1 is 1.35 bits per heavy atom. The third kappa shape index (κ3) is 4.44. The van der Waals surface area contributed by atoms with E-state index in [9.17, 15) is 18.0 Å². The summed E-state index contributed by atoms with van der Waals surface area (Å²) in [5.74, 6) is 0. The molecule has 0 saturated carbocycles. The van der Waals surface area contributed by atoms with Crippen LogP contribution in [0.4, 0.5) is 23.7 Å². The van der Waals surface area contributed by atoms with Gasteiger partial charge in [0.05, 0.1) is 11.4 Å². The molecule has 0 aliphatic rings. The molecule has 0 atom stereocenters. The number of halogens is 3. The van der Waals surface area contributed by atoms with Crippen LogP contribution in [-0.2, 0) is 19.6 Å². The molecule has 2 N–H and O–H groups in total. The summed E-state index contributed by atoms with van der Waals surface area (Å²) >= 11 is 0. The van der Waals surface area contributed by atoms with Crippen molar-refractivity contribution < 1.29 is 18.0 Å². The number of urea groups is 1. The van der Waals surface area contributed by atoms with Gasteiger partial charge in [-0.2, -0.15) is 18.3 Å². The van der Waals surface area contributed by atoms with Gasteiger partial charge < -0.3 is 10.6 Å². The number of nitrogens with one attached hydrogen (secondary N) is 2. The standard InChI is InChI=1S/C14H16F3N5O/c1-9-3-6-18-12(14(15,16)17)11(9)20-13(23)19-7-4-10-5-8-22(2)21-10/h3,5-6,8H,4,7H2,1-2H3,(H2,19,20,23). The number of anilines is 1. The number of hydrogen-bond acceptors (Lipinski definition) is 3. The normalized spacial score (nSPS) is 11.3. The molecule has 0 spiro atoms. The van der Waals surface area contributed by atoms with E-state index >= 15 is 0 Å². The number of hydrogen-bond donors (Lipinski definition) is 2. The van der Waals surface area contributed by atoms with Gasteiger partial charge in [-0.1, -0.05) is 0 Å². The molecule has 0 aliphatic carbocycles. The van der Waals surface area contributed by atoms with Crippen molar-refractivity contribution in [2.45, 2.75) is 19.5 Å². The Bertz CT molecular complexity index is 696. The fraction of sp³-hybridized carbons (Fsp3) is 0.357. The number of alkyl halides is 3. The van der Waals surface area contributed by atoms with E-state index in [2.05, 4.69) is 20.7 Å². The Balaban J connectivity index is 1.97. The average Bonchev–Trinajstić information content (AvgIpc) is 2.85. The minimum atomic E-state index is -4.64. The van der Waals surface area contributed by atoms with Crippen molar-refractivity contribution in [2.24, 2.45) is 7.05 Å². The third-order valence-electron chi connectivity index (χ3n) is 3.10. The first-order valence-electron chi connectivity index (χ1n) is 6.83. The monoisotopic (exact) mass is 327 g/mol. The lowest BCUT2D eigenvalue weighted by atomic mass is 10.2. The molecular weight excluding hydrogens is 311 g/mol. The highest BCUT2D eigenvalue weighted by Crippen LogP contribution is 2.34. The summed E-state index contributed by atoms with van der Waals surface area (Å²) in [4.78, 5) is 15.1. The summed E-state index contributed by atoms with van der Waals surface area (Å²) in [5, 5.41) is 8.86. The van der Waals surface area contributed by atoms with Crippen LogP contribution >= 0.6 is 0 Å². The minimum Gasteiger partial charge on any atom is -0.337 e. The van der Waals surface area contributed by atoms with E-state index in [1.54, 1.807) is 24.0 Å². The number of pyridine rings is 1. The minimum absolute atomic E-state index is 0.253. The van der Waals surface area contributed by atoms with Gasteiger partial charge in [-0.05, 0) is 24.6 Å². The Labute approximate surface area is 130 Å². The number of carbonyl (C=O) groups excluding carboxylic acids is 1. The predicted molar refractivity (Wildman–Crippen MR) is 77.9 cm³/mol. The molecule has 0 aliphatic heterocycles. The molecule has 2 heterocycles. The molecule has 0 unspecified atom stereocenters. The number of aromatic nitrogens is 3. The largest absolute Gasteiger partial charge is 0.435 e. The fourth-order valence-electron chi connectivity index (χ4n) is 1.99. The quantitative estimate of drug-likeness (QED) is 0.906. The highest BCUT2D eigenvalue weighted by Gasteiger charge is 2.36. The van der Waals surface area contributed by atoms with Crippen LogP contribution in [0.3, 0.4) is 0 Å². The molecule has 0 aromatic carbocycles. The molecule has 0 bridgehead atoms. The highest BCUT2D eigenvalue weighted by molar-refractivity contribution is 5.90. The summed E-state index contributed by atoms with van der Waals surface area (Å²) in [5.41, 5.74) is -0.388. The van der Waals surface area contributed by atoms with Crippen molar-refractivity contribution in [1.29, 1.82) is 0 Å². The number of aryl methyl sites for hydroxylation is 2. The van der Waals surface area contributed by atoms with Crippen LogP contribution in [0.5, 0.6) is 0 Å². The number of nitrogens with zero attached hydrogens (tertiary/aromatic N) is 3. The van der Waals surface area contributed by atoms with E-state index in [-0.39, 0.29) is 17.8 Å². The van der Waals surface area contributed by atoms with E-state index in [0.717, 1.165) is 11.9 Å². The summed E-state index contributed by atoms with van der Waals surface area (Å²) in [6.45, 7) is 1.73. The van der Waals surface area contributed by atoms with Crippen LogP contribution in [0, 0.1) is 6.92 Å². The van der Waals surface area contributed by atoms with Crippen molar-refractivity contribution in [3.05, 3.63) is 41.5 Å². The zero-order valence-electron chi connectivity index (χ0n) is 12.6. The van der Waals surface area contributed by atoms with Gasteiger partial charge in [0.2, 0.25) is 0 Å². The van der Waals surface area contributed by atoms with Gasteiger partial charge in [0.15, 0.2) is 5.69 Å². The van der Waals surface area contributed by atoms with Crippen LogP contribution in [0.1, 0.15) is 17.0 Å². The van der Waals surface area contributed by atoms with Crippen LogP contribution in [0.25, 0.3) is 0 Å². The summed E-state index contributed by atoms with van der Waals surface area (Å²) in [6.07, 6.45) is -1.33. The lowest BCUT2D eigenvalue weighted by Crippen LogP contribution is -2.32. The first-order chi connectivity index (χ1) is 10.8. The van der Waals surface area contributed by atoms with Gasteiger partial charge in [-0.3, -0.25) is 4.68 Å². The maximum atomic E-state index is 12.9. The van der Waals surface area contributed by atoms with Gasteiger partial charge in [0.25, 0.3) is 0 Å². The van der Waals surface area contributed by atoms with Crippen LogP contribution in [0.15, 0.2) is 24.5 Å². The molecule has 0 saturated heterocycles. The van der Waals surface area contributed by atoms with E-state index in [4.69, 9.17) is 0 Å². The smallest absolute Gasteiger partial charge is 0.337 e. The lowest BCUT2D eigenvalue weighted by molar-refractivity contribution is -0.140. The first-order valence-corrected chi connectivity index (χ1v) is 6.83. The molecular formula is C14H16F3N5O. The Hall–Kier alpha value is -2.58. The number of carbonyl (C=O) groups is 1. The third-order valence-corrected chi connectivity index (χ3v) is 3.10. The average molecular weight is 327 g/mol. The second-order valence-electron chi connectivity index (χ2n) is 4.96. The summed E-state index contributed by atoms with van der Waals surface area (Å²) in [7, 11) is 1.77. The molecule has 2 aromatic heterocycles. The zero-order valence-corrected chi connectivity index (χ0v) is 12.6. The molecule has 0 radical (unpaired) electrons. The maximum absolute atomic E-state index is 12.9. The first kappa shape index (κ1) is 16.8. The molecule has 2 amide bonds. The van der Waals surface area contributed by atoms with Crippen LogP contribution in [0.2, 0.25) is 0 Å². The molecule has 124 valence electrons. The van der Waals surface area contributed by atoms with Crippen molar-refractivity contribution in [3.63, 3.8) is 0 Å². The van der Waals surface area contributed by atoms with Gasteiger partial charge in [-0.25, -0.2) is 9.78 Å². The summed E-state index contributed by atoms with van der Waals surface area (Å²) < 4.78 is 40.4. The van der Waals surface area contributed by atoms with Crippen molar-refractivity contribution in [2.75, 3.05) is 11.9 Å². The zero-order chi connectivity index (χ0) is 17.0. The maximum Gasteiger partial charge on any atom is 0.435 e. The number of amides is 2. The second kappa shape index (κ2) is 6.67. The van der Waals surface area contributed by atoms with Gasteiger partial charge >= 0.3 is 12.2 Å². The lowest BCUT2D eigenvalue weighted by Gasteiger charge is -2.15. The molecule has 2 aromatic rings. The van der Waals surface area contributed by atoms with Crippen molar-refractivity contribution in [3.8, 4) is 0 Å². The van der Waals surface area contributed by atoms with E-state index in [1.165, 1.54) is 13.0 Å². The van der Waals surface area contributed by atoms with E-state index in [0.29, 0.717) is 6.42 Å². The molecule has 23 heavy (non-hydrogen) atoms. The SMILES string of the molecule is Cc1ccnc(C(F)(F)F)c1NC(=O)NCCc1ccn(C)n1. The van der Waals surface area contributed by atoms with Crippen LogP contribution in [-0.4, -0.2) is 27.3 Å². The molecule has 6 nitrogen and oxygen atoms in total. The predicted octanol–water partition coefficient (Wildman–Crippen LogP) is 2.51. The van der Waals surface area contributed by atoms with Crippen molar-refractivity contribution in [1.82, 2.24) is 20.1 Å². The van der Waals surface area contributed by atoms with E-state index < -0.39 is 17.9 Å². The Morgan fingerprint density at radius 3 is 2.70 bits per heavy atom. The van der Waals surface area contributed by atoms with E-state index in [1.807, 2.05) is 0 Å². The molecule has 0 fully saturated rings.